The highest BCUT2D eigenvalue weighted by molar-refractivity contribution is 6.30. The highest BCUT2D eigenvalue weighted by atomic mass is 35.5. The molecule has 0 atom stereocenters. The second-order valence-corrected chi connectivity index (χ2v) is 8.89. The van der Waals surface area contributed by atoms with Gasteiger partial charge in [-0.25, -0.2) is 4.79 Å². The van der Waals surface area contributed by atoms with Gasteiger partial charge in [-0.05, 0) is 24.0 Å². The van der Waals surface area contributed by atoms with Gasteiger partial charge in [0.1, 0.15) is 17.2 Å². The van der Waals surface area contributed by atoms with Crippen molar-refractivity contribution in [2.45, 2.75) is 40.8 Å². The Morgan fingerprint density at radius 3 is 2.45 bits per heavy atom. The molecular weight excluding hydrogens is 418 g/mol. The zero-order valence-corrected chi connectivity index (χ0v) is 18.9. The minimum atomic E-state index is -0.513. The average molecular weight is 446 g/mol. The van der Waals surface area contributed by atoms with Crippen LogP contribution in [0.3, 0.4) is 0 Å². The molecule has 3 N–H and O–H groups in total. The van der Waals surface area contributed by atoms with Crippen molar-refractivity contribution in [2.75, 3.05) is 17.2 Å². The molecule has 0 aliphatic rings. The Kier molecular flexibility index (Phi) is 6.90. The largest absolute Gasteiger partial charge is 0.383 e. The van der Waals surface area contributed by atoms with E-state index in [0.717, 1.165) is 5.56 Å². The van der Waals surface area contributed by atoms with Gasteiger partial charge in [0.05, 0.1) is 6.54 Å². The quantitative estimate of drug-likeness (QED) is 0.546. The highest BCUT2D eigenvalue weighted by Gasteiger charge is 2.22. The first kappa shape index (κ1) is 22.7. The number of halogens is 1. The minimum absolute atomic E-state index is 0.153. The number of aromatic nitrogens is 3. The van der Waals surface area contributed by atoms with Crippen molar-refractivity contribution in [2.24, 2.45) is 11.8 Å². The van der Waals surface area contributed by atoms with E-state index in [4.69, 9.17) is 21.9 Å². The standard InChI is InChI=1S/C22H28ClN5O3/c1-13(2)10-27(19-20(24)28(11-14(3)4)22(30)25-21(19)29)12-17-9-18(26-31-17)15-5-7-16(23)8-6-15/h5-9,13-14H,10-12,24H2,1-4H3,(H,25,29,30). The number of rotatable bonds is 8. The lowest BCUT2D eigenvalue weighted by molar-refractivity contribution is 0.380. The van der Waals surface area contributed by atoms with Gasteiger partial charge in [-0.1, -0.05) is 56.6 Å². The Bertz CT molecular complexity index is 1150. The molecular formula is C22H28ClN5O3. The molecule has 0 saturated heterocycles. The van der Waals surface area contributed by atoms with Gasteiger partial charge < -0.3 is 15.2 Å². The van der Waals surface area contributed by atoms with Gasteiger partial charge in [-0.15, -0.1) is 0 Å². The zero-order valence-electron chi connectivity index (χ0n) is 18.2. The van der Waals surface area contributed by atoms with Crippen LogP contribution in [-0.4, -0.2) is 21.3 Å². The number of anilines is 2. The Morgan fingerprint density at radius 2 is 1.84 bits per heavy atom. The van der Waals surface area contributed by atoms with Gasteiger partial charge in [0, 0.05) is 29.7 Å². The molecule has 0 fully saturated rings. The Labute approximate surface area is 185 Å². The van der Waals surface area contributed by atoms with Crippen LogP contribution in [0.15, 0.2) is 44.4 Å². The Balaban J connectivity index is 1.98. The first-order valence-corrected chi connectivity index (χ1v) is 10.6. The van der Waals surface area contributed by atoms with Gasteiger partial charge in [0.15, 0.2) is 5.76 Å². The molecule has 0 aliphatic heterocycles. The SMILES string of the molecule is CC(C)CN(Cc1cc(-c2ccc(Cl)cc2)no1)c1c(N)n(CC(C)C)c(=O)[nH]c1=O. The summed E-state index contributed by atoms with van der Waals surface area (Å²) >= 11 is 5.96. The van der Waals surface area contributed by atoms with E-state index in [1.54, 1.807) is 12.1 Å². The third-order valence-electron chi connectivity index (χ3n) is 4.71. The maximum absolute atomic E-state index is 12.7. The Hall–Kier alpha value is -3.00. The number of H-pyrrole nitrogens is 1. The molecule has 2 heterocycles. The number of benzene rings is 1. The predicted molar refractivity (Wildman–Crippen MR) is 123 cm³/mol. The van der Waals surface area contributed by atoms with Crippen molar-refractivity contribution < 1.29 is 4.52 Å². The van der Waals surface area contributed by atoms with E-state index in [-0.39, 0.29) is 29.9 Å². The van der Waals surface area contributed by atoms with Gasteiger partial charge in [-0.2, -0.15) is 0 Å². The smallest absolute Gasteiger partial charge is 0.330 e. The van der Waals surface area contributed by atoms with Crippen molar-refractivity contribution >= 4 is 23.1 Å². The van der Waals surface area contributed by atoms with Crippen LogP contribution in [0, 0.1) is 11.8 Å². The zero-order chi connectivity index (χ0) is 22.7. The van der Waals surface area contributed by atoms with E-state index in [1.165, 1.54) is 4.57 Å². The highest BCUT2D eigenvalue weighted by Crippen LogP contribution is 2.25. The molecule has 3 rings (SSSR count). The molecule has 0 amide bonds. The summed E-state index contributed by atoms with van der Waals surface area (Å²) in [5.41, 5.74) is 7.10. The fraction of sp³-hybridized carbons (Fsp3) is 0.409. The molecule has 3 aromatic rings. The van der Waals surface area contributed by atoms with Crippen LogP contribution in [-0.2, 0) is 13.1 Å². The van der Waals surface area contributed by atoms with Crippen LogP contribution in [0.4, 0.5) is 11.5 Å². The van der Waals surface area contributed by atoms with E-state index < -0.39 is 11.2 Å². The molecule has 0 spiro atoms. The maximum atomic E-state index is 12.7. The van der Waals surface area contributed by atoms with E-state index in [1.807, 2.05) is 50.8 Å². The van der Waals surface area contributed by atoms with Crippen molar-refractivity contribution in [3.05, 3.63) is 62.0 Å². The molecule has 0 aliphatic carbocycles. The van der Waals surface area contributed by atoms with Crippen LogP contribution in [0.25, 0.3) is 11.3 Å². The number of hydrogen-bond donors (Lipinski definition) is 2. The van der Waals surface area contributed by atoms with Crippen LogP contribution in [0.1, 0.15) is 33.5 Å². The molecule has 166 valence electrons. The second kappa shape index (κ2) is 9.43. The summed E-state index contributed by atoms with van der Waals surface area (Å²) in [5, 5.41) is 4.78. The molecule has 0 radical (unpaired) electrons. The summed E-state index contributed by atoms with van der Waals surface area (Å²) < 4.78 is 6.95. The lowest BCUT2D eigenvalue weighted by atomic mass is 10.1. The van der Waals surface area contributed by atoms with Crippen molar-refractivity contribution in [1.29, 1.82) is 0 Å². The number of aromatic amines is 1. The predicted octanol–water partition coefficient (Wildman–Crippen LogP) is 3.75. The molecule has 2 aromatic heterocycles. The van der Waals surface area contributed by atoms with Crippen LogP contribution >= 0.6 is 11.6 Å². The molecule has 1 aromatic carbocycles. The van der Waals surface area contributed by atoms with Crippen LogP contribution in [0.5, 0.6) is 0 Å². The summed E-state index contributed by atoms with van der Waals surface area (Å²) in [6.07, 6.45) is 0. The van der Waals surface area contributed by atoms with Crippen LogP contribution < -0.4 is 21.9 Å². The van der Waals surface area contributed by atoms with Gasteiger partial charge in [0.2, 0.25) is 0 Å². The monoisotopic (exact) mass is 445 g/mol. The van der Waals surface area contributed by atoms with Crippen molar-refractivity contribution in [3.8, 4) is 11.3 Å². The van der Waals surface area contributed by atoms with Gasteiger partial charge >= 0.3 is 5.69 Å². The van der Waals surface area contributed by atoms with E-state index in [9.17, 15) is 9.59 Å². The molecule has 8 nitrogen and oxygen atoms in total. The van der Waals surface area contributed by atoms with Crippen molar-refractivity contribution in [3.63, 3.8) is 0 Å². The third kappa shape index (κ3) is 5.38. The van der Waals surface area contributed by atoms with Gasteiger partial charge in [0.25, 0.3) is 5.56 Å². The van der Waals surface area contributed by atoms with Crippen LogP contribution in [0.2, 0.25) is 5.02 Å². The molecule has 0 saturated carbocycles. The summed E-state index contributed by atoms with van der Waals surface area (Å²) in [4.78, 5) is 29.3. The normalized spacial score (nSPS) is 11.5. The minimum Gasteiger partial charge on any atom is -0.383 e. The number of nitrogens with one attached hydrogen (secondary N) is 1. The average Bonchev–Trinajstić information content (AvgIpc) is 3.13. The lowest BCUT2D eigenvalue weighted by Gasteiger charge is -2.27. The van der Waals surface area contributed by atoms with E-state index >= 15 is 0 Å². The fourth-order valence-corrected chi connectivity index (χ4v) is 3.56. The number of nitrogen functional groups attached to an aromatic ring is 1. The summed E-state index contributed by atoms with van der Waals surface area (Å²) in [5.74, 6) is 1.16. The topological polar surface area (TPSA) is 110 Å². The van der Waals surface area contributed by atoms with Crippen molar-refractivity contribution in [1.82, 2.24) is 14.7 Å². The number of nitrogens with zero attached hydrogens (tertiary/aromatic N) is 3. The summed E-state index contributed by atoms with van der Waals surface area (Å²) in [7, 11) is 0. The molecule has 0 bridgehead atoms. The maximum Gasteiger partial charge on any atom is 0.330 e. The summed E-state index contributed by atoms with van der Waals surface area (Å²) in [6.45, 7) is 9.29. The first-order valence-electron chi connectivity index (χ1n) is 10.2. The second-order valence-electron chi connectivity index (χ2n) is 8.46. The lowest BCUT2D eigenvalue weighted by Crippen LogP contribution is -2.40. The number of nitrogens with two attached hydrogens (primary N) is 1. The van der Waals surface area contributed by atoms with E-state index in [0.29, 0.717) is 29.6 Å². The molecule has 31 heavy (non-hydrogen) atoms. The molecule has 9 heteroatoms. The summed E-state index contributed by atoms with van der Waals surface area (Å²) in [6, 6.07) is 9.12. The number of hydrogen-bond acceptors (Lipinski definition) is 6. The molecule has 0 unspecified atom stereocenters. The Morgan fingerprint density at radius 1 is 1.16 bits per heavy atom. The third-order valence-corrected chi connectivity index (χ3v) is 4.96. The first-order chi connectivity index (χ1) is 14.7. The van der Waals surface area contributed by atoms with E-state index in [2.05, 4.69) is 10.1 Å². The fourth-order valence-electron chi connectivity index (χ4n) is 3.44. The van der Waals surface area contributed by atoms with Gasteiger partial charge in [-0.3, -0.25) is 14.3 Å².